The van der Waals surface area contributed by atoms with Crippen molar-refractivity contribution in [1.29, 1.82) is 0 Å². The highest BCUT2D eigenvalue weighted by Gasteiger charge is 2.16. The van der Waals surface area contributed by atoms with Crippen LogP contribution in [0.25, 0.3) is 0 Å². The first-order chi connectivity index (χ1) is 9.76. The number of nitrogens with zero attached hydrogens (tertiary/aromatic N) is 1. The summed E-state index contributed by atoms with van der Waals surface area (Å²) in [4.78, 5) is 15.4. The molecular formula is C15H15NO4. The fourth-order valence-electron chi connectivity index (χ4n) is 2.32. The van der Waals surface area contributed by atoms with Crippen molar-refractivity contribution < 1.29 is 18.7 Å². The topological polar surface area (TPSA) is 61.6 Å². The van der Waals surface area contributed by atoms with Gasteiger partial charge in [-0.15, -0.1) is 0 Å². The summed E-state index contributed by atoms with van der Waals surface area (Å²) in [5, 5.41) is 0. The molecule has 0 aliphatic heterocycles. The number of aromatic nitrogens is 1. The molecule has 0 saturated carbocycles. The maximum Gasteiger partial charge on any atom is 0.399 e. The van der Waals surface area contributed by atoms with E-state index < -0.39 is 5.97 Å². The van der Waals surface area contributed by atoms with E-state index in [0.717, 1.165) is 12.8 Å². The van der Waals surface area contributed by atoms with Crippen LogP contribution in [-0.2, 0) is 17.6 Å². The molecule has 0 atom stereocenters. The van der Waals surface area contributed by atoms with Crippen molar-refractivity contribution in [2.75, 3.05) is 6.61 Å². The van der Waals surface area contributed by atoms with E-state index >= 15 is 0 Å². The first kappa shape index (κ1) is 12.7. The van der Waals surface area contributed by atoms with Gasteiger partial charge >= 0.3 is 12.0 Å². The van der Waals surface area contributed by atoms with Gasteiger partial charge < -0.3 is 13.9 Å². The lowest BCUT2D eigenvalue weighted by Crippen LogP contribution is -2.04. The van der Waals surface area contributed by atoms with E-state index in [2.05, 4.69) is 11.1 Å². The molecule has 104 valence electrons. The van der Waals surface area contributed by atoms with Crippen LogP contribution in [0.5, 0.6) is 11.8 Å². The molecule has 0 fully saturated rings. The smallest absolute Gasteiger partial charge is 0.399 e. The van der Waals surface area contributed by atoms with Gasteiger partial charge in [-0.25, -0.2) is 4.79 Å². The summed E-state index contributed by atoms with van der Waals surface area (Å²) in [6.45, 7) is 2.03. The summed E-state index contributed by atoms with van der Waals surface area (Å²) in [5.41, 5.74) is 2.79. The molecule has 3 rings (SSSR count). The molecule has 5 heteroatoms. The maximum absolute atomic E-state index is 11.5. The molecule has 0 unspecified atom stereocenters. The second-order valence-corrected chi connectivity index (χ2v) is 4.61. The van der Waals surface area contributed by atoms with E-state index in [1.54, 1.807) is 6.92 Å². The van der Waals surface area contributed by atoms with Crippen LogP contribution in [-0.4, -0.2) is 17.6 Å². The van der Waals surface area contributed by atoms with Crippen molar-refractivity contribution >= 4 is 5.97 Å². The summed E-state index contributed by atoms with van der Waals surface area (Å²) >= 11 is 0. The van der Waals surface area contributed by atoms with Crippen LogP contribution in [0.4, 0.5) is 0 Å². The molecular weight excluding hydrogens is 258 g/mol. The van der Waals surface area contributed by atoms with Crippen LogP contribution < -0.4 is 4.74 Å². The number of ether oxygens (including phenoxy) is 2. The zero-order valence-corrected chi connectivity index (χ0v) is 11.2. The lowest BCUT2D eigenvalue weighted by molar-refractivity contribution is 0.0519. The van der Waals surface area contributed by atoms with Gasteiger partial charge in [-0.2, -0.15) is 4.98 Å². The molecule has 1 aromatic carbocycles. The highest BCUT2D eigenvalue weighted by molar-refractivity contribution is 5.86. The third kappa shape index (κ3) is 2.52. The van der Waals surface area contributed by atoms with E-state index in [9.17, 15) is 4.79 Å². The Bertz CT molecular complexity index is 633. The number of aryl methyl sites for hydroxylation is 2. The second-order valence-electron chi connectivity index (χ2n) is 4.61. The quantitative estimate of drug-likeness (QED) is 0.801. The maximum atomic E-state index is 11.5. The lowest BCUT2D eigenvalue weighted by atomic mass is 10.1. The van der Waals surface area contributed by atoms with Gasteiger partial charge in [0.15, 0.2) is 5.69 Å². The number of carbonyl (C=O) groups excluding carboxylic acids is 1. The zero-order valence-electron chi connectivity index (χ0n) is 11.2. The number of esters is 1. The van der Waals surface area contributed by atoms with Crippen LogP contribution in [0.3, 0.4) is 0 Å². The molecule has 1 aliphatic rings. The molecule has 0 saturated heterocycles. The predicted octanol–water partition coefficient (Wildman–Crippen LogP) is 3.13. The SMILES string of the molecule is CCOC(=O)c1coc(Oc2ccc3c(c2)CCC3)n1. The second kappa shape index (κ2) is 5.36. The van der Waals surface area contributed by atoms with Crippen molar-refractivity contribution in [1.82, 2.24) is 4.98 Å². The largest absolute Gasteiger partial charge is 0.461 e. The molecule has 0 spiro atoms. The lowest BCUT2D eigenvalue weighted by Gasteiger charge is -2.03. The van der Waals surface area contributed by atoms with E-state index in [0.29, 0.717) is 12.4 Å². The number of hydrogen-bond donors (Lipinski definition) is 0. The molecule has 1 aliphatic carbocycles. The fraction of sp³-hybridized carbons (Fsp3) is 0.333. The van der Waals surface area contributed by atoms with Gasteiger partial charge in [0.1, 0.15) is 12.0 Å². The van der Waals surface area contributed by atoms with Crippen LogP contribution in [0, 0.1) is 0 Å². The standard InChI is InChI=1S/C15H15NO4/c1-2-18-14(17)13-9-19-15(16-13)20-12-7-6-10-4-3-5-11(10)8-12/h6-9H,2-5H2,1H3. The van der Waals surface area contributed by atoms with Gasteiger partial charge in [0, 0.05) is 0 Å². The third-order valence-electron chi connectivity index (χ3n) is 3.24. The minimum Gasteiger partial charge on any atom is -0.461 e. The van der Waals surface area contributed by atoms with Crippen molar-refractivity contribution in [3.63, 3.8) is 0 Å². The minimum absolute atomic E-state index is 0.0472. The van der Waals surface area contributed by atoms with Crippen molar-refractivity contribution in [3.05, 3.63) is 41.3 Å². The van der Waals surface area contributed by atoms with Gasteiger partial charge in [0.2, 0.25) is 0 Å². The first-order valence-corrected chi connectivity index (χ1v) is 6.68. The summed E-state index contributed by atoms with van der Waals surface area (Å²) in [7, 11) is 0. The molecule has 5 nitrogen and oxygen atoms in total. The van der Waals surface area contributed by atoms with Gasteiger partial charge in [0.25, 0.3) is 0 Å². The number of oxazole rings is 1. The number of fused-ring (bicyclic) bond motifs is 1. The summed E-state index contributed by atoms with van der Waals surface area (Å²) < 4.78 is 15.5. The third-order valence-corrected chi connectivity index (χ3v) is 3.24. The van der Waals surface area contributed by atoms with Gasteiger partial charge in [-0.1, -0.05) is 6.07 Å². The van der Waals surface area contributed by atoms with Crippen molar-refractivity contribution in [2.24, 2.45) is 0 Å². The van der Waals surface area contributed by atoms with Crippen LogP contribution in [0.1, 0.15) is 35.0 Å². The van der Waals surface area contributed by atoms with Gasteiger partial charge in [-0.05, 0) is 49.4 Å². The van der Waals surface area contributed by atoms with Crippen LogP contribution in [0.2, 0.25) is 0 Å². The van der Waals surface area contributed by atoms with Gasteiger partial charge in [-0.3, -0.25) is 0 Å². The normalized spacial score (nSPS) is 13.1. The Morgan fingerprint density at radius 3 is 3.05 bits per heavy atom. The zero-order chi connectivity index (χ0) is 13.9. The fourth-order valence-corrected chi connectivity index (χ4v) is 2.32. The molecule has 0 radical (unpaired) electrons. The molecule has 2 aromatic rings. The molecule has 20 heavy (non-hydrogen) atoms. The van der Waals surface area contributed by atoms with Crippen LogP contribution in [0.15, 0.2) is 28.9 Å². The molecule has 1 heterocycles. The van der Waals surface area contributed by atoms with Gasteiger partial charge in [0.05, 0.1) is 6.61 Å². The number of benzene rings is 1. The summed E-state index contributed by atoms with van der Waals surface area (Å²) in [6.07, 6.45) is 4.67. The average Bonchev–Trinajstić information content (AvgIpc) is 3.07. The Balaban J connectivity index is 1.73. The van der Waals surface area contributed by atoms with E-state index in [1.165, 1.54) is 23.8 Å². The van der Waals surface area contributed by atoms with Crippen molar-refractivity contribution in [3.8, 4) is 11.8 Å². The minimum atomic E-state index is -0.514. The van der Waals surface area contributed by atoms with E-state index in [-0.39, 0.29) is 11.8 Å². The Morgan fingerprint density at radius 2 is 2.20 bits per heavy atom. The molecule has 0 amide bonds. The highest BCUT2D eigenvalue weighted by atomic mass is 16.6. The first-order valence-electron chi connectivity index (χ1n) is 6.68. The Hall–Kier alpha value is -2.30. The summed E-state index contributed by atoms with van der Waals surface area (Å²) in [5.74, 6) is 0.156. The summed E-state index contributed by atoms with van der Waals surface area (Å²) in [6, 6.07) is 5.95. The van der Waals surface area contributed by atoms with Crippen LogP contribution >= 0.6 is 0 Å². The molecule has 0 N–H and O–H groups in total. The Labute approximate surface area is 116 Å². The Kier molecular flexibility index (Phi) is 3.41. The van der Waals surface area contributed by atoms with Crippen molar-refractivity contribution in [2.45, 2.75) is 26.2 Å². The monoisotopic (exact) mass is 273 g/mol. The van der Waals surface area contributed by atoms with E-state index in [1.807, 2.05) is 12.1 Å². The highest BCUT2D eigenvalue weighted by Crippen LogP contribution is 2.28. The number of hydrogen-bond acceptors (Lipinski definition) is 5. The Morgan fingerprint density at radius 1 is 1.35 bits per heavy atom. The van der Waals surface area contributed by atoms with E-state index in [4.69, 9.17) is 13.9 Å². The number of rotatable bonds is 4. The molecule has 0 bridgehead atoms. The number of carbonyl (C=O) groups is 1. The predicted molar refractivity (Wildman–Crippen MR) is 71.0 cm³/mol. The molecule has 1 aromatic heterocycles. The average molecular weight is 273 g/mol.